The summed E-state index contributed by atoms with van der Waals surface area (Å²) in [6, 6.07) is 13.0. The number of hydrogen-bond donors (Lipinski definition) is 3. The Morgan fingerprint density at radius 1 is 1.19 bits per heavy atom. The summed E-state index contributed by atoms with van der Waals surface area (Å²) in [5.41, 5.74) is 2.76. The maximum atomic E-state index is 12.7. The molecule has 3 N–H and O–H groups in total. The molecule has 13 heteroatoms. The smallest absolute Gasteiger partial charge is 0.335 e. The normalized spacial score (nSPS) is 17.7. The van der Waals surface area contributed by atoms with Crippen molar-refractivity contribution in [1.82, 2.24) is 14.5 Å². The fourth-order valence-corrected chi connectivity index (χ4v) is 6.03. The number of carbonyl (C=O) groups is 1. The number of carboxylic acids is 1. The van der Waals surface area contributed by atoms with Gasteiger partial charge in [0, 0.05) is 43.1 Å². The predicted molar refractivity (Wildman–Crippen MR) is 175 cm³/mol. The number of rotatable bonds is 9. The van der Waals surface area contributed by atoms with Crippen LogP contribution in [0.15, 0.2) is 48.5 Å². The number of ether oxygens (including phenoxy) is 2. The Bertz CT molecular complexity index is 1700. The molecule has 3 heterocycles. The first kappa shape index (κ1) is 34.7. The van der Waals surface area contributed by atoms with Crippen LogP contribution in [0.2, 0.25) is 5.02 Å². The van der Waals surface area contributed by atoms with E-state index in [9.17, 15) is 24.5 Å². The molecule has 2 saturated heterocycles. The summed E-state index contributed by atoms with van der Waals surface area (Å²) in [5, 5.41) is 30.4. The number of aromatic hydroxyl groups is 2. The Kier molecular flexibility index (Phi) is 11.0. The summed E-state index contributed by atoms with van der Waals surface area (Å²) in [6.45, 7) is 7.98. The van der Waals surface area contributed by atoms with Crippen molar-refractivity contribution in [2.45, 2.75) is 51.9 Å². The number of hydrogen-bond acceptors (Lipinski definition) is 8. The Morgan fingerprint density at radius 3 is 2.57 bits per heavy atom. The molecule has 2 fully saturated rings. The Morgan fingerprint density at radius 2 is 1.96 bits per heavy atom. The molecule has 10 nitrogen and oxygen atoms in total. The molecule has 47 heavy (non-hydrogen) atoms. The molecule has 0 bridgehead atoms. The molecule has 2 aliphatic rings. The standard InChI is InChI=1S/C26H32N4O6.C8H7ClF.Cm/c1-3-17-13-29(19-5-4-6-21(31)25(19)32)9-8-28(17)15-23-27-24-20(30(23)14-18-7-10-36-18)11-16(26(33)34)12-22(24)35-2;1-2-6-3-4-7(9)5-8(6)10;/h4-6,11-12,17-18,31-32H,3,7-10,13-15H2,1-2H3,(H,33,34);2-5H,1H3;/q;-1;. The molecule has 0 saturated carbocycles. The number of benzene rings is 3. The number of phenolic OH excluding ortho intramolecular Hbond substituents is 2. The summed E-state index contributed by atoms with van der Waals surface area (Å²) >= 11 is 5.52. The average Bonchev–Trinajstić information content (AvgIpc) is 3.37. The van der Waals surface area contributed by atoms with Crippen molar-refractivity contribution >= 4 is 34.3 Å². The van der Waals surface area contributed by atoms with Gasteiger partial charge in [-0.05, 0) is 37.1 Å². The van der Waals surface area contributed by atoms with E-state index in [-0.39, 0.29) is 35.0 Å². The van der Waals surface area contributed by atoms with E-state index in [4.69, 9.17) is 26.1 Å². The number of aromatic carboxylic acids is 1. The van der Waals surface area contributed by atoms with Crippen LogP contribution in [0.5, 0.6) is 17.2 Å². The van der Waals surface area contributed by atoms with Gasteiger partial charge in [-0.1, -0.05) is 43.6 Å². The molecule has 2 atom stereocenters. The van der Waals surface area contributed by atoms with Crippen molar-refractivity contribution in [2.75, 3.05) is 38.3 Å². The van der Waals surface area contributed by atoms with Crippen LogP contribution in [0.3, 0.4) is 0 Å². The van der Waals surface area contributed by atoms with E-state index in [1.165, 1.54) is 25.3 Å². The van der Waals surface area contributed by atoms with Gasteiger partial charge in [-0.3, -0.25) is 9.29 Å². The molecule has 254 valence electrons. The quantitative estimate of drug-likeness (QED) is 0.135. The third kappa shape index (κ3) is 7.45. The van der Waals surface area contributed by atoms with Crippen molar-refractivity contribution < 1.29 is 34.0 Å². The monoisotopic (exact) mass is 896 g/mol. The number of fused-ring (bicyclic) bond motifs is 1. The molecule has 4 aromatic rings. The van der Waals surface area contributed by atoms with Gasteiger partial charge in [-0.15, -0.1) is 0 Å². The summed E-state index contributed by atoms with van der Waals surface area (Å²) in [4.78, 5) is 21.2. The molecule has 6 rings (SSSR count). The molecule has 3 aromatic carbocycles. The van der Waals surface area contributed by atoms with E-state index in [0.717, 1.165) is 37.3 Å². The van der Waals surface area contributed by atoms with Gasteiger partial charge in [0.25, 0.3) is 0 Å². The zero-order chi connectivity index (χ0) is 33.0. The number of nitrogens with zero attached hydrogens (tertiary/aromatic N) is 4. The molecular formula is C34H39ClCmFN4O6-. The number of piperazine rings is 1. The second kappa shape index (κ2) is 14.9. The van der Waals surface area contributed by atoms with Gasteiger partial charge in [-0.25, -0.2) is 9.78 Å². The minimum atomic E-state index is -1.01. The van der Waals surface area contributed by atoms with E-state index in [2.05, 4.69) is 21.3 Å². The van der Waals surface area contributed by atoms with Gasteiger partial charge >= 0.3 is 5.97 Å². The molecule has 0 spiro atoms. The SMILES string of the molecule is CCC1CN(c2cccc(O)c2O)CCN1Cc1nc2c(OC)cc(C(=O)O)cc2n1CC1CCO1.C[CH-]c1ccc(Cl)cc1F.[Cm]. The molecule has 2 unspecified atom stereocenters. The number of methoxy groups -OCH3 is 1. The van der Waals surface area contributed by atoms with Gasteiger partial charge in [0.1, 0.15) is 17.1 Å². The van der Waals surface area contributed by atoms with E-state index in [1.54, 1.807) is 37.6 Å². The zero-order valence-electron chi connectivity index (χ0n) is 26.5. The fourth-order valence-electron chi connectivity index (χ4n) is 5.87. The second-order valence-electron chi connectivity index (χ2n) is 11.3. The van der Waals surface area contributed by atoms with Gasteiger partial charge in [-0.2, -0.15) is 18.1 Å². The van der Waals surface area contributed by atoms with Crippen LogP contribution < -0.4 is 9.64 Å². The fraction of sp³-hybridized carbons (Fsp3) is 0.382. The Labute approximate surface area is 272 Å². The largest absolute Gasteiger partial charge is 0.504 e. The van der Waals surface area contributed by atoms with Crippen molar-refractivity contribution in [3.05, 3.63) is 82.7 Å². The van der Waals surface area contributed by atoms with Crippen LogP contribution >= 0.6 is 11.6 Å². The number of imidazole rings is 1. The van der Waals surface area contributed by atoms with Crippen molar-refractivity contribution in [3.8, 4) is 17.2 Å². The van der Waals surface area contributed by atoms with Crippen LogP contribution in [0.25, 0.3) is 11.0 Å². The van der Waals surface area contributed by atoms with E-state index >= 15 is 0 Å². The van der Waals surface area contributed by atoms with Crippen molar-refractivity contribution in [3.63, 3.8) is 0 Å². The number of halogens is 2. The first-order valence-electron chi connectivity index (χ1n) is 15.3. The third-order valence-corrected chi connectivity index (χ3v) is 8.81. The number of phenols is 2. The van der Waals surface area contributed by atoms with Gasteiger partial charge < -0.3 is 34.3 Å². The topological polar surface area (TPSA) is 121 Å². The first-order chi connectivity index (χ1) is 22.1. The Hall–Kier alpha value is -5.19. The zero-order valence-corrected chi connectivity index (χ0v) is 30.2. The predicted octanol–water partition coefficient (Wildman–Crippen LogP) is 6.10. The van der Waals surface area contributed by atoms with Gasteiger partial charge in [0.05, 0.1) is 43.1 Å². The molecule has 0 aliphatic carbocycles. The maximum Gasteiger partial charge on any atom is 0.335 e. The summed E-state index contributed by atoms with van der Waals surface area (Å²) in [7, 11) is 1.53. The van der Waals surface area contributed by atoms with Gasteiger partial charge in [0.2, 0.25) is 0 Å². The van der Waals surface area contributed by atoms with E-state index < -0.39 is 5.97 Å². The summed E-state index contributed by atoms with van der Waals surface area (Å²) < 4.78 is 26.0. The first-order valence-corrected chi connectivity index (χ1v) is 15.7. The van der Waals surface area contributed by atoms with Crippen LogP contribution in [0, 0.1) is 12.2 Å². The number of para-hydroxylation sites is 1. The van der Waals surface area contributed by atoms with E-state index in [0.29, 0.717) is 53.7 Å². The van der Waals surface area contributed by atoms with Gasteiger partial charge in [0.15, 0.2) is 11.5 Å². The molecule has 0 radical (unpaired) electrons. The Balaban J connectivity index is 0.000000391. The van der Waals surface area contributed by atoms with Crippen LogP contribution in [-0.4, -0.2) is 81.2 Å². The number of carboxylic acid groups (broad SMARTS) is 1. The molecular weight excluding hydrogens is 862 g/mol. The minimum Gasteiger partial charge on any atom is -0.504 e. The van der Waals surface area contributed by atoms with Crippen molar-refractivity contribution in [1.29, 1.82) is 0 Å². The number of anilines is 1. The maximum absolute atomic E-state index is 12.7. The third-order valence-electron chi connectivity index (χ3n) is 8.57. The number of aromatic nitrogens is 2. The molecule has 1 aromatic heterocycles. The van der Waals surface area contributed by atoms with Crippen LogP contribution in [0.1, 0.15) is 48.4 Å². The summed E-state index contributed by atoms with van der Waals surface area (Å²) in [5.74, 6) is -0.213. The van der Waals surface area contributed by atoms with Crippen LogP contribution in [0.4, 0.5) is 10.1 Å². The second-order valence-corrected chi connectivity index (χ2v) is 11.8. The van der Waals surface area contributed by atoms with Crippen LogP contribution in [-0.2, 0) is 17.8 Å². The molecule has 0 amide bonds. The minimum absolute atomic E-state index is 0. The summed E-state index contributed by atoms with van der Waals surface area (Å²) in [6.07, 6.45) is 3.63. The molecule has 2 aliphatic heterocycles. The van der Waals surface area contributed by atoms with Crippen molar-refractivity contribution in [2.24, 2.45) is 0 Å². The average molecular weight is 901 g/mol. The van der Waals surface area contributed by atoms with E-state index in [1.807, 2.05) is 6.07 Å².